The number of amides is 1. The minimum Gasteiger partial charge on any atom is -0.494 e. The molecule has 0 aliphatic carbocycles. The summed E-state index contributed by atoms with van der Waals surface area (Å²) in [6, 6.07) is 10.4. The third kappa shape index (κ3) is 3.89. The number of rotatable bonds is 4. The first-order chi connectivity index (χ1) is 9.99. The SMILES string of the molecule is CCOc1cc(N)cc(C(=O)Nc2ccc(C)cc2Cl)c1. The Hall–Kier alpha value is -2.20. The normalized spacial score (nSPS) is 10.2. The molecule has 0 aromatic heterocycles. The van der Waals surface area contributed by atoms with Crippen LogP contribution in [0.15, 0.2) is 36.4 Å². The van der Waals surface area contributed by atoms with E-state index in [2.05, 4.69) is 5.32 Å². The molecule has 0 aliphatic rings. The fourth-order valence-electron chi connectivity index (χ4n) is 1.92. The molecule has 0 aliphatic heterocycles. The highest BCUT2D eigenvalue weighted by molar-refractivity contribution is 6.34. The number of halogens is 1. The lowest BCUT2D eigenvalue weighted by Crippen LogP contribution is -2.13. The van der Waals surface area contributed by atoms with E-state index in [0.717, 1.165) is 5.56 Å². The fraction of sp³-hybridized carbons (Fsp3) is 0.188. The van der Waals surface area contributed by atoms with Crippen LogP contribution < -0.4 is 15.8 Å². The summed E-state index contributed by atoms with van der Waals surface area (Å²) in [5, 5.41) is 3.27. The lowest BCUT2D eigenvalue weighted by atomic mass is 10.1. The molecule has 0 saturated heterocycles. The molecule has 3 N–H and O–H groups in total. The number of hydrogen-bond donors (Lipinski definition) is 2. The summed E-state index contributed by atoms with van der Waals surface area (Å²) in [6.45, 7) is 4.31. The number of anilines is 2. The molecule has 0 spiro atoms. The second-order valence-electron chi connectivity index (χ2n) is 4.66. The predicted octanol–water partition coefficient (Wildman–Crippen LogP) is 3.88. The number of carbonyl (C=O) groups excluding carboxylic acids is 1. The van der Waals surface area contributed by atoms with Crippen LogP contribution >= 0.6 is 11.6 Å². The number of benzene rings is 2. The van der Waals surface area contributed by atoms with Gasteiger partial charge in [-0.1, -0.05) is 17.7 Å². The molecule has 1 amide bonds. The van der Waals surface area contributed by atoms with Crippen LogP contribution in [-0.2, 0) is 0 Å². The summed E-state index contributed by atoms with van der Waals surface area (Å²) in [5.74, 6) is 0.284. The van der Waals surface area contributed by atoms with Gasteiger partial charge in [0.2, 0.25) is 0 Å². The van der Waals surface area contributed by atoms with Crippen molar-refractivity contribution in [3.63, 3.8) is 0 Å². The summed E-state index contributed by atoms with van der Waals surface area (Å²) in [7, 11) is 0. The maximum atomic E-state index is 12.3. The Kier molecular flexibility index (Phi) is 4.70. The maximum Gasteiger partial charge on any atom is 0.255 e. The van der Waals surface area contributed by atoms with E-state index in [1.807, 2.05) is 19.9 Å². The summed E-state index contributed by atoms with van der Waals surface area (Å²) >= 11 is 6.11. The van der Waals surface area contributed by atoms with Crippen molar-refractivity contribution in [1.29, 1.82) is 0 Å². The first-order valence-electron chi connectivity index (χ1n) is 6.60. The number of hydrogen-bond acceptors (Lipinski definition) is 3. The summed E-state index contributed by atoms with van der Waals surface area (Å²) in [5.41, 5.74) is 8.27. The van der Waals surface area contributed by atoms with Crippen LogP contribution in [0.4, 0.5) is 11.4 Å². The zero-order valence-corrected chi connectivity index (χ0v) is 12.7. The van der Waals surface area contributed by atoms with Gasteiger partial charge in [0.15, 0.2) is 0 Å². The minimum absolute atomic E-state index is 0.283. The van der Waals surface area contributed by atoms with Crippen LogP contribution in [0.2, 0.25) is 5.02 Å². The summed E-state index contributed by atoms with van der Waals surface area (Å²) < 4.78 is 5.38. The van der Waals surface area contributed by atoms with Crippen molar-refractivity contribution < 1.29 is 9.53 Å². The number of carbonyl (C=O) groups is 1. The lowest BCUT2D eigenvalue weighted by molar-refractivity contribution is 0.102. The number of nitrogens with one attached hydrogen (secondary N) is 1. The average molecular weight is 305 g/mol. The molecule has 0 heterocycles. The number of nitrogen functional groups attached to an aromatic ring is 1. The van der Waals surface area contributed by atoms with Gasteiger partial charge in [0.1, 0.15) is 5.75 Å². The number of aryl methyl sites for hydroxylation is 1. The molecular formula is C16H17ClN2O2. The molecule has 5 heteroatoms. The second-order valence-corrected chi connectivity index (χ2v) is 5.07. The van der Waals surface area contributed by atoms with Crippen molar-refractivity contribution >= 4 is 28.9 Å². The Morgan fingerprint density at radius 2 is 2.05 bits per heavy atom. The lowest BCUT2D eigenvalue weighted by Gasteiger charge is -2.10. The topological polar surface area (TPSA) is 64.3 Å². The standard InChI is InChI=1S/C16H17ClN2O2/c1-3-21-13-8-11(7-12(18)9-13)16(20)19-15-5-4-10(2)6-14(15)17/h4-9H,3,18H2,1-2H3,(H,19,20). The molecule has 2 aromatic rings. The van der Waals surface area contributed by atoms with E-state index in [-0.39, 0.29) is 5.91 Å². The van der Waals surface area contributed by atoms with Crippen molar-refractivity contribution in [3.05, 3.63) is 52.5 Å². The molecule has 0 unspecified atom stereocenters. The molecular weight excluding hydrogens is 288 g/mol. The van der Waals surface area contributed by atoms with E-state index in [4.69, 9.17) is 22.1 Å². The molecule has 0 saturated carbocycles. The molecule has 2 rings (SSSR count). The highest BCUT2D eigenvalue weighted by atomic mass is 35.5. The Balaban J connectivity index is 2.23. The van der Waals surface area contributed by atoms with Gasteiger partial charge in [-0.05, 0) is 43.7 Å². The van der Waals surface area contributed by atoms with E-state index >= 15 is 0 Å². The molecule has 21 heavy (non-hydrogen) atoms. The van der Waals surface area contributed by atoms with Crippen molar-refractivity contribution in [2.75, 3.05) is 17.7 Å². The molecule has 0 bridgehead atoms. The monoisotopic (exact) mass is 304 g/mol. The van der Waals surface area contributed by atoms with Crippen molar-refractivity contribution in [2.24, 2.45) is 0 Å². The summed E-state index contributed by atoms with van der Waals surface area (Å²) in [6.07, 6.45) is 0. The highest BCUT2D eigenvalue weighted by Gasteiger charge is 2.11. The van der Waals surface area contributed by atoms with Crippen LogP contribution in [-0.4, -0.2) is 12.5 Å². The fourth-order valence-corrected chi connectivity index (χ4v) is 2.20. The van der Waals surface area contributed by atoms with Gasteiger partial charge in [-0.25, -0.2) is 0 Å². The van der Waals surface area contributed by atoms with E-state index < -0.39 is 0 Å². The molecule has 0 fully saturated rings. The van der Waals surface area contributed by atoms with Gasteiger partial charge in [0.25, 0.3) is 5.91 Å². The van der Waals surface area contributed by atoms with Crippen LogP contribution in [0, 0.1) is 6.92 Å². The molecule has 110 valence electrons. The molecule has 0 radical (unpaired) electrons. The number of ether oxygens (including phenoxy) is 1. The highest BCUT2D eigenvalue weighted by Crippen LogP contribution is 2.25. The van der Waals surface area contributed by atoms with E-state index in [1.165, 1.54) is 0 Å². The van der Waals surface area contributed by atoms with Gasteiger partial charge >= 0.3 is 0 Å². The van der Waals surface area contributed by atoms with E-state index in [9.17, 15) is 4.79 Å². The molecule has 0 atom stereocenters. The van der Waals surface area contributed by atoms with Gasteiger partial charge in [-0.15, -0.1) is 0 Å². The zero-order valence-electron chi connectivity index (χ0n) is 11.9. The van der Waals surface area contributed by atoms with Gasteiger partial charge in [-0.2, -0.15) is 0 Å². The Labute approximate surface area is 128 Å². The molecule has 2 aromatic carbocycles. The van der Waals surface area contributed by atoms with Gasteiger partial charge in [0, 0.05) is 17.3 Å². The Morgan fingerprint density at radius 3 is 2.71 bits per heavy atom. The first-order valence-corrected chi connectivity index (χ1v) is 6.98. The quantitative estimate of drug-likeness (QED) is 0.842. The predicted molar refractivity (Wildman–Crippen MR) is 86.2 cm³/mol. The van der Waals surface area contributed by atoms with E-state index in [1.54, 1.807) is 30.3 Å². The van der Waals surface area contributed by atoms with Gasteiger partial charge in [0.05, 0.1) is 17.3 Å². The third-order valence-corrected chi connectivity index (χ3v) is 3.19. The van der Waals surface area contributed by atoms with Crippen LogP contribution in [0.3, 0.4) is 0 Å². The minimum atomic E-state index is -0.283. The Morgan fingerprint density at radius 1 is 1.29 bits per heavy atom. The summed E-state index contributed by atoms with van der Waals surface area (Å²) in [4.78, 5) is 12.3. The average Bonchev–Trinajstić information content (AvgIpc) is 2.41. The van der Waals surface area contributed by atoms with Crippen LogP contribution in [0.5, 0.6) is 5.75 Å². The maximum absolute atomic E-state index is 12.3. The van der Waals surface area contributed by atoms with Gasteiger partial charge < -0.3 is 15.8 Å². The van der Waals surface area contributed by atoms with Gasteiger partial charge in [-0.3, -0.25) is 4.79 Å². The third-order valence-electron chi connectivity index (χ3n) is 2.87. The zero-order chi connectivity index (χ0) is 15.4. The smallest absolute Gasteiger partial charge is 0.255 e. The first kappa shape index (κ1) is 15.2. The number of nitrogens with two attached hydrogens (primary N) is 1. The Bertz CT molecular complexity index is 671. The van der Waals surface area contributed by atoms with Crippen LogP contribution in [0.25, 0.3) is 0 Å². The van der Waals surface area contributed by atoms with Crippen molar-refractivity contribution in [1.82, 2.24) is 0 Å². The van der Waals surface area contributed by atoms with Crippen molar-refractivity contribution in [2.45, 2.75) is 13.8 Å². The van der Waals surface area contributed by atoms with E-state index in [0.29, 0.717) is 34.3 Å². The molecule has 4 nitrogen and oxygen atoms in total. The second kappa shape index (κ2) is 6.50. The largest absolute Gasteiger partial charge is 0.494 e. The van der Waals surface area contributed by atoms with Crippen LogP contribution in [0.1, 0.15) is 22.8 Å². The van der Waals surface area contributed by atoms with Crippen molar-refractivity contribution in [3.8, 4) is 5.75 Å².